The van der Waals surface area contributed by atoms with E-state index < -0.39 is 0 Å². The van der Waals surface area contributed by atoms with Crippen molar-refractivity contribution in [2.45, 2.75) is 71.8 Å². The van der Waals surface area contributed by atoms with Crippen LogP contribution in [0.3, 0.4) is 0 Å². The molecule has 1 saturated carbocycles. The molecule has 2 atom stereocenters. The third kappa shape index (κ3) is 5.11. The van der Waals surface area contributed by atoms with Crippen LogP contribution >= 0.6 is 0 Å². The molecule has 0 N–H and O–H groups in total. The molecule has 0 saturated heterocycles. The Morgan fingerprint density at radius 2 is 2.00 bits per heavy atom. The fraction of sp³-hybridized carbons (Fsp3) is 0.583. The first-order valence-corrected chi connectivity index (χ1v) is 10.6. The van der Waals surface area contributed by atoms with E-state index in [2.05, 4.69) is 20.1 Å². The van der Waals surface area contributed by atoms with Crippen LogP contribution in [0.1, 0.15) is 65.7 Å². The molecule has 0 aromatic carbocycles. The van der Waals surface area contributed by atoms with Gasteiger partial charge >= 0.3 is 0 Å². The van der Waals surface area contributed by atoms with Crippen LogP contribution in [-0.4, -0.2) is 36.0 Å². The SMILES string of the molecule is C=C(C)CCOC1CCC2C(=O)N(CCCCCC)C(=O)C(/C=C\C)=C2C1=C. The Morgan fingerprint density at radius 1 is 1.25 bits per heavy atom. The first-order chi connectivity index (χ1) is 13.4. The average molecular weight is 386 g/mol. The van der Waals surface area contributed by atoms with E-state index in [0.29, 0.717) is 25.1 Å². The van der Waals surface area contributed by atoms with Crippen molar-refractivity contribution >= 4 is 11.8 Å². The number of hydrogen-bond donors (Lipinski definition) is 0. The van der Waals surface area contributed by atoms with Crippen LogP contribution in [0.2, 0.25) is 0 Å². The van der Waals surface area contributed by atoms with Gasteiger partial charge in [0.1, 0.15) is 0 Å². The molecule has 154 valence electrons. The molecule has 0 radical (unpaired) electrons. The normalized spacial score (nSPS) is 23.0. The van der Waals surface area contributed by atoms with E-state index in [1.165, 1.54) is 4.90 Å². The molecule has 2 amide bonds. The van der Waals surface area contributed by atoms with Crippen LogP contribution in [0, 0.1) is 5.92 Å². The molecular weight excluding hydrogens is 350 g/mol. The largest absolute Gasteiger partial charge is 0.373 e. The standard InChI is InChI=1S/C24H35NO3/c1-6-8-9-10-15-25-23(26)19(11-7-2)22-18(5)21(28-16-14-17(3)4)13-12-20(22)24(25)27/h7,11,20-21H,3,5-6,8-10,12-16H2,1-2,4H3/b11-7-. The number of allylic oxidation sites excluding steroid dienone is 1. The minimum atomic E-state index is -0.274. The lowest BCUT2D eigenvalue weighted by Crippen LogP contribution is -2.49. The molecule has 4 heteroatoms. The highest BCUT2D eigenvalue weighted by molar-refractivity contribution is 6.12. The molecule has 0 bridgehead atoms. The van der Waals surface area contributed by atoms with Crippen LogP contribution in [0.25, 0.3) is 0 Å². The second-order valence-corrected chi connectivity index (χ2v) is 7.90. The van der Waals surface area contributed by atoms with E-state index in [9.17, 15) is 9.59 Å². The fourth-order valence-electron chi connectivity index (χ4n) is 3.99. The van der Waals surface area contributed by atoms with E-state index in [0.717, 1.165) is 55.2 Å². The molecular formula is C24H35NO3. The van der Waals surface area contributed by atoms with Crippen LogP contribution in [0.15, 0.2) is 47.6 Å². The molecule has 1 heterocycles. The smallest absolute Gasteiger partial charge is 0.260 e. The van der Waals surface area contributed by atoms with Crippen molar-refractivity contribution in [1.82, 2.24) is 4.90 Å². The van der Waals surface area contributed by atoms with Crippen molar-refractivity contribution < 1.29 is 14.3 Å². The summed E-state index contributed by atoms with van der Waals surface area (Å²) in [5.41, 5.74) is 3.28. The number of rotatable bonds is 10. The summed E-state index contributed by atoms with van der Waals surface area (Å²) in [7, 11) is 0. The predicted molar refractivity (Wildman–Crippen MR) is 114 cm³/mol. The zero-order valence-electron chi connectivity index (χ0n) is 17.8. The third-order valence-electron chi connectivity index (χ3n) is 5.55. The highest BCUT2D eigenvalue weighted by Crippen LogP contribution is 2.41. The molecule has 1 aliphatic heterocycles. The van der Waals surface area contributed by atoms with E-state index in [-0.39, 0.29) is 23.8 Å². The number of amides is 2. The molecule has 0 aromatic rings. The van der Waals surface area contributed by atoms with E-state index in [1.807, 2.05) is 26.0 Å². The Morgan fingerprint density at radius 3 is 2.64 bits per heavy atom. The molecule has 28 heavy (non-hydrogen) atoms. The van der Waals surface area contributed by atoms with Gasteiger partial charge in [0.05, 0.1) is 18.6 Å². The molecule has 2 rings (SSSR count). The van der Waals surface area contributed by atoms with Crippen molar-refractivity contribution in [3.05, 3.63) is 47.6 Å². The van der Waals surface area contributed by atoms with E-state index >= 15 is 0 Å². The number of carbonyl (C=O) groups is 2. The number of hydrogen-bond acceptors (Lipinski definition) is 3. The molecule has 2 aliphatic rings. The summed E-state index contributed by atoms with van der Waals surface area (Å²) in [5, 5.41) is 0. The zero-order valence-corrected chi connectivity index (χ0v) is 17.8. The second kappa shape index (κ2) is 10.6. The van der Waals surface area contributed by atoms with Crippen molar-refractivity contribution in [3.8, 4) is 0 Å². The molecule has 4 nitrogen and oxygen atoms in total. The Hall–Kier alpha value is -1.94. The Bertz CT molecular complexity index is 686. The van der Waals surface area contributed by atoms with E-state index in [1.54, 1.807) is 0 Å². The molecule has 2 unspecified atom stereocenters. The van der Waals surface area contributed by atoms with Gasteiger partial charge in [-0.3, -0.25) is 14.5 Å². The Labute approximate surface area is 170 Å². The Balaban J connectivity index is 2.23. The van der Waals surface area contributed by atoms with Crippen LogP contribution < -0.4 is 0 Å². The predicted octanol–water partition coefficient (Wildman–Crippen LogP) is 5.13. The molecule has 1 fully saturated rings. The fourth-order valence-corrected chi connectivity index (χ4v) is 3.99. The highest BCUT2D eigenvalue weighted by atomic mass is 16.5. The van der Waals surface area contributed by atoms with Gasteiger partial charge in [-0.2, -0.15) is 0 Å². The summed E-state index contributed by atoms with van der Waals surface area (Å²) in [4.78, 5) is 27.7. The summed E-state index contributed by atoms with van der Waals surface area (Å²) in [6, 6.07) is 0. The first kappa shape index (κ1) is 22.4. The second-order valence-electron chi connectivity index (χ2n) is 7.90. The molecule has 1 aliphatic carbocycles. The summed E-state index contributed by atoms with van der Waals surface area (Å²) < 4.78 is 6.02. The van der Waals surface area contributed by atoms with Gasteiger partial charge in [0.15, 0.2) is 0 Å². The van der Waals surface area contributed by atoms with Crippen molar-refractivity contribution in [3.63, 3.8) is 0 Å². The van der Waals surface area contributed by atoms with Gasteiger partial charge in [-0.05, 0) is 50.7 Å². The quantitative estimate of drug-likeness (QED) is 0.298. The van der Waals surface area contributed by atoms with Crippen LogP contribution in [0.4, 0.5) is 0 Å². The number of carbonyl (C=O) groups excluding carboxylic acids is 2. The summed E-state index contributed by atoms with van der Waals surface area (Å²) in [6.07, 6.45) is 9.98. The topological polar surface area (TPSA) is 46.6 Å². The molecule has 0 aromatic heterocycles. The van der Waals surface area contributed by atoms with Gasteiger partial charge in [-0.1, -0.05) is 50.5 Å². The van der Waals surface area contributed by atoms with Gasteiger partial charge in [0.25, 0.3) is 5.91 Å². The lowest BCUT2D eigenvalue weighted by Gasteiger charge is -2.40. The van der Waals surface area contributed by atoms with Crippen molar-refractivity contribution in [1.29, 1.82) is 0 Å². The maximum absolute atomic E-state index is 13.1. The summed E-state index contributed by atoms with van der Waals surface area (Å²) in [5.74, 6) is -0.524. The minimum absolute atomic E-state index is 0.0636. The average Bonchev–Trinajstić information content (AvgIpc) is 2.65. The first-order valence-electron chi connectivity index (χ1n) is 10.6. The summed E-state index contributed by atoms with van der Waals surface area (Å²) >= 11 is 0. The van der Waals surface area contributed by atoms with Gasteiger partial charge in [0, 0.05) is 12.1 Å². The maximum atomic E-state index is 13.1. The van der Waals surface area contributed by atoms with Gasteiger partial charge in [-0.25, -0.2) is 0 Å². The minimum Gasteiger partial charge on any atom is -0.373 e. The monoisotopic (exact) mass is 385 g/mol. The molecule has 0 spiro atoms. The van der Waals surface area contributed by atoms with Gasteiger partial charge < -0.3 is 4.74 Å². The number of nitrogens with zero attached hydrogens (tertiary/aromatic N) is 1. The number of fused-ring (bicyclic) bond motifs is 1. The third-order valence-corrected chi connectivity index (χ3v) is 5.55. The Kier molecular flexibility index (Phi) is 8.43. The van der Waals surface area contributed by atoms with E-state index in [4.69, 9.17) is 4.74 Å². The highest BCUT2D eigenvalue weighted by Gasteiger charge is 2.44. The van der Waals surface area contributed by atoms with Crippen molar-refractivity contribution in [2.75, 3.05) is 13.2 Å². The maximum Gasteiger partial charge on any atom is 0.260 e. The number of unbranched alkanes of at least 4 members (excludes halogenated alkanes) is 3. The zero-order chi connectivity index (χ0) is 20.7. The van der Waals surface area contributed by atoms with Gasteiger partial charge in [-0.15, -0.1) is 6.58 Å². The van der Waals surface area contributed by atoms with Crippen molar-refractivity contribution in [2.24, 2.45) is 5.92 Å². The lowest BCUT2D eigenvalue weighted by molar-refractivity contribution is -0.146. The van der Waals surface area contributed by atoms with Gasteiger partial charge in [0.2, 0.25) is 5.91 Å². The summed E-state index contributed by atoms with van der Waals surface area (Å²) in [6.45, 7) is 15.3. The number of imide groups is 1. The van der Waals surface area contributed by atoms with Crippen LogP contribution in [-0.2, 0) is 14.3 Å². The number of ether oxygens (including phenoxy) is 1. The lowest BCUT2D eigenvalue weighted by atomic mass is 9.74. The van der Waals surface area contributed by atoms with Crippen LogP contribution in [0.5, 0.6) is 0 Å².